The Hall–Kier alpha value is -2.25. The Morgan fingerprint density at radius 3 is 2.24 bits per heavy atom. The molecule has 0 saturated heterocycles. The molecule has 0 spiro atoms. The first-order valence-corrected chi connectivity index (χ1v) is 7.87. The number of nitrogens with two attached hydrogens (primary N) is 2. The van der Waals surface area contributed by atoms with Crippen LogP contribution < -0.4 is 20.9 Å². The van der Waals surface area contributed by atoms with Crippen LogP contribution in [0.4, 0.5) is 17.1 Å². The second-order valence-electron chi connectivity index (χ2n) is 4.38. The fourth-order valence-electron chi connectivity index (χ4n) is 1.85. The van der Waals surface area contributed by atoms with Gasteiger partial charge in [0.1, 0.15) is 10.6 Å². The molecule has 0 saturated carbocycles. The molecular weight excluding hydrogens is 290 g/mol. The maximum atomic E-state index is 11.3. The van der Waals surface area contributed by atoms with Crippen molar-refractivity contribution in [1.82, 2.24) is 0 Å². The maximum Gasteiger partial charge on any atom is 0.240 e. The summed E-state index contributed by atoms with van der Waals surface area (Å²) < 4.78 is 27.9. The number of hydrogen-bond acceptors (Lipinski definition) is 5. The summed E-state index contributed by atoms with van der Waals surface area (Å²) in [5, 5.41) is 8.18. The van der Waals surface area contributed by atoms with Gasteiger partial charge in [0, 0.05) is 11.4 Å². The van der Waals surface area contributed by atoms with Crippen molar-refractivity contribution in [3.63, 3.8) is 0 Å². The van der Waals surface area contributed by atoms with E-state index in [0.717, 1.165) is 11.4 Å². The number of nitrogen functional groups attached to an aromatic ring is 1. The molecule has 0 heterocycles. The van der Waals surface area contributed by atoms with Crippen molar-refractivity contribution in [2.24, 2.45) is 5.14 Å². The van der Waals surface area contributed by atoms with Gasteiger partial charge in [-0.05, 0) is 49.4 Å². The number of nitrogens with one attached hydrogen (secondary N) is 1. The van der Waals surface area contributed by atoms with E-state index in [4.69, 9.17) is 15.6 Å². The molecule has 0 radical (unpaired) electrons. The van der Waals surface area contributed by atoms with Crippen LogP contribution in [0.5, 0.6) is 5.75 Å². The van der Waals surface area contributed by atoms with Crippen LogP contribution in [0.25, 0.3) is 0 Å². The summed E-state index contributed by atoms with van der Waals surface area (Å²) in [5.41, 5.74) is 7.32. The Balaban J connectivity index is 2.18. The van der Waals surface area contributed by atoms with E-state index in [9.17, 15) is 8.42 Å². The summed E-state index contributed by atoms with van der Waals surface area (Å²) in [4.78, 5) is -0.0836. The average Bonchev–Trinajstić information content (AvgIpc) is 2.40. The molecule has 112 valence electrons. The van der Waals surface area contributed by atoms with Gasteiger partial charge >= 0.3 is 0 Å². The van der Waals surface area contributed by atoms with E-state index >= 15 is 0 Å². The second kappa shape index (κ2) is 6.02. The lowest BCUT2D eigenvalue weighted by Gasteiger charge is -2.10. The second-order valence-corrected chi connectivity index (χ2v) is 5.91. The van der Waals surface area contributed by atoms with Crippen LogP contribution in [0.1, 0.15) is 6.92 Å². The summed E-state index contributed by atoms with van der Waals surface area (Å²) >= 11 is 0. The number of hydrogen-bond donors (Lipinski definition) is 3. The molecule has 0 amide bonds. The minimum atomic E-state index is -3.80. The first-order chi connectivity index (χ1) is 9.90. The Kier molecular flexibility index (Phi) is 4.35. The van der Waals surface area contributed by atoms with Gasteiger partial charge in [0.2, 0.25) is 10.0 Å². The summed E-state index contributed by atoms with van der Waals surface area (Å²) in [7, 11) is -3.80. The lowest BCUT2D eigenvalue weighted by molar-refractivity contribution is 0.340. The zero-order valence-electron chi connectivity index (χ0n) is 11.5. The van der Waals surface area contributed by atoms with Gasteiger partial charge in [0.05, 0.1) is 12.3 Å². The third-order valence-corrected chi connectivity index (χ3v) is 3.76. The summed E-state index contributed by atoms with van der Waals surface area (Å²) in [5.74, 6) is 0.784. The first kappa shape index (κ1) is 15.1. The van der Waals surface area contributed by atoms with E-state index < -0.39 is 10.0 Å². The zero-order chi connectivity index (χ0) is 15.5. The summed E-state index contributed by atoms with van der Waals surface area (Å²) in [6.07, 6.45) is 0. The molecule has 2 rings (SSSR count). The van der Waals surface area contributed by atoms with E-state index in [0.29, 0.717) is 12.3 Å². The van der Waals surface area contributed by atoms with Gasteiger partial charge in [0.15, 0.2) is 0 Å². The molecule has 5 N–H and O–H groups in total. The molecule has 0 aliphatic rings. The molecule has 0 bridgehead atoms. The Labute approximate surface area is 123 Å². The van der Waals surface area contributed by atoms with E-state index in [1.54, 1.807) is 6.07 Å². The van der Waals surface area contributed by atoms with E-state index in [1.165, 1.54) is 12.1 Å². The third-order valence-electron chi connectivity index (χ3n) is 2.77. The van der Waals surface area contributed by atoms with Crippen LogP contribution in [0.2, 0.25) is 0 Å². The van der Waals surface area contributed by atoms with Gasteiger partial charge in [-0.25, -0.2) is 13.6 Å². The van der Waals surface area contributed by atoms with E-state index in [2.05, 4.69) is 5.32 Å². The third kappa shape index (κ3) is 3.87. The average molecular weight is 307 g/mol. The van der Waals surface area contributed by atoms with Gasteiger partial charge in [0.25, 0.3) is 0 Å². The van der Waals surface area contributed by atoms with Crippen molar-refractivity contribution in [1.29, 1.82) is 0 Å². The Morgan fingerprint density at radius 1 is 1.10 bits per heavy atom. The molecule has 0 unspecified atom stereocenters. The molecule has 21 heavy (non-hydrogen) atoms. The largest absolute Gasteiger partial charge is 0.494 e. The number of sulfonamides is 1. The highest BCUT2D eigenvalue weighted by Crippen LogP contribution is 2.25. The summed E-state index contributed by atoms with van der Waals surface area (Å²) in [6, 6.07) is 11.9. The van der Waals surface area contributed by atoms with Crippen molar-refractivity contribution >= 4 is 27.1 Å². The zero-order valence-corrected chi connectivity index (χ0v) is 12.4. The molecule has 2 aromatic rings. The van der Waals surface area contributed by atoms with Crippen molar-refractivity contribution in [3.05, 3.63) is 42.5 Å². The Morgan fingerprint density at radius 2 is 1.71 bits per heavy atom. The quantitative estimate of drug-likeness (QED) is 0.733. The molecule has 0 atom stereocenters. The van der Waals surface area contributed by atoms with Gasteiger partial charge < -0.3 is 15.8 Å². The normalized spacial score (nSPS) is 11.1. The lowest BCUT2D eigenvalue weighted by Crippen LogP contribution is -2.14. The van der Waals surface area contributed by atoms with Crippen LogP contribution >= 0.6 is 0 Å². The molecule has 0 aliphatic heterocycles. The van der Waals surface area contributed by atoms with Crippen LogP contribution in [-0.4, -0.2) is 15.0 Å². The van der Waals surface area contributed by atoms with Crippen LogP contribution in [0.3, 0.4) is 0 Å². The standard InChI is InChI=1S/C14H17N3O3S/c1-2-20-12-6-3-10(4-7-12)17-11-5-8-14(13(15)9-11)21(16,18)19/h3-9,17H,2,15H2,1H3,(H2,16,18,19). The number of primary sulfonamides is 1. The van der Waals surface area contributed by atoms with Crippen LogP contribution in [0.15, 0.2) is 47.4 Å². The van der Waals surface area contributed by atoms with Crippen molar-refractivity contribution < 1.29 is 13.2 Å². The van der Waals surface area contributed by atoms with Crippen molar-refractivity contribution in [2.45, 2.75) is 11.8 Å². The highest BCUT2D eigenvalue weighted by atomic mass is 32.2. The summed E-state index contributed by atoms with van der Waals surface area (Å²) in [6.45, 7) is 2.53. The molecule has 0 aliphatic carbocycles. The number of ether oxygens (including phenoxy) is 1. The smallest absolute Gasteiger partial charge is 0.240 e. The topological polar surface area (TPSA) is 107 Å². The SMILES string of the molecule is CCOc1ccc(Nc2ccc(S(N)(=O)=O)c(N)c2)cc1. The maximum absolute atomic E-state index is 11.3. The minimum Gasteiger partial charge on any atom is -0.494 e. The number of anilines is 3. The van der Waals surface area contributed by atoms with Crippen molar-refractivity contribution in [3.8, 4) is 5.75 Å². The molecule has 7 heteroatoms. The van der Waals surface area contributed by atoms with Gasteiger partial charge in [-0.2, -0.15) is 0 Å². The highest BCUT2D eigenvalue weighted by molar-refractivity contribution is 7.89. The minimum absolute atomic E-state index is 0.0836. The van der Waals surface area contributed by atoms with Gasteiger partial charge in [-0.3, -0.25) is 0 Å². The van der Waals surface area contributed by atoms with Crippen LogP contribution in [0, 0.1) is 0 Å². The van der Waals surface area contributed by atoms with E-state index in [1.807, 2.05) is 31.2 Å². The van der Waals surface area contributed by atoms with Gasteiger partial charge in [-0.15, -0.1) is 0 Å². The van der Waals surface area contributed by atoms with Crippen molar-refractivity contribution in [2.75, 3.05) is 17.7 Å². The molecule has 2 aromatic carbocycles. The predicted octanol–water partition coefficient (Wildman–Crippen LogP) is 2.06. The van der Waals surface area contributed by atoms with E-state index in [-0.39, 0.29) is 10.6 Å². The molecular formula is C14H17N3O3S. The lowest BCUT2D eigenvalue weighted by atomic mass is 10.2. The highest BCUT2D eigenvalue weighted by Gasteiger charge is 2.12. The molecule has 0 fully saturated rings. The Bertz CT molecular complexity index is 728. The fraction of sp³-hybridized carbons (Fsp3) is 0.143. The van der Waals surface area contributed by atoms with Gasteiger partial charge in [-0.1, -0.05) is 0 Å². The fourth-order valence-corrected chi connectivity index (χ4v) is 2.50. The predicted molar refractivity (Wildman–Crippen MR) is 83.1 cm³/mol. The first-order valence-electron chi connectivity index (χ1n) is 6.32. The number of rotatable bonds is 5. The monoisotopic (exact) mass is 307 g/mol. The molecule has 0 aromatic heterocycles. The van der Waals surface area contributed by atoms with Crippen LogP contribution in [-0.2, 0) is 10.0 Å². The number of benzene rings is 2. The molecule has 6 nitrogen and oxygen atoms in total.